The molecule has 0 fully saturated rings. The van der Waals surface area contributed by atoms with E-state index in [2.05, 4.69) is 37.8 Å². The lowest BCUT2D eigenvalue weighted by Gasteiger charge is -2.03. The van der Waals surface area contributed by atoms with Crippen molar-refractivity contribution in [2.75, 3.05) is 0 Å². The lowest BCUT2D eigenvalue weighted by Crippen LogP contribution is -2.13. The van der Waals surface area contributed by atoms with Crippen LogP contribution in [0.4, 0.5) is 0 Å². The minimum Gasteiger partial charge on any atom is -0.361 e. The number of nitrogens with zero attached hydrogens (tertiary/aromatic N) is 1. The molecule has 3 nitrogen and oxygen atoms in total. The predicted molar refractivity (Wildman–Crippen MR) is 68.5 cm³/mol. The highest BCUT2D eigenvalue weighted by molar-refractivity contribution is 9.10. The highest BCUT2D eigenvalue weighted by atomic mass is 79.9. The molecule has 0 unspecified atom stereocenters. The van der Waals surface area contributed by atoms with Gasteiger partial charge in [0.05, 0.1) is 5.69 Å². The molecular formula is C11H13BrN2OS. The number of hydrogen-bond acceptors (Lipinski definition) is 4. The van der Waals surface area contributed by atoms with Gasteiger partial charge in [-0.3, -0.25) is 0 Å². The normalized spacial score (nSPS) is 10.9. The van der Waals surface area contributed by atoms with Crippen molar-refractivity contribution < 1.29 is 4.52 Å². The van der Waals surface area contributed by atoms with Gasteiger partial charge in [0, 0.05) is 28.0 Å². The fourth-order valence-electron chi connectivity index (χ4n) is 1.51. The third-order valence-corrected chi connectivity index (χ3v) is 4.39. The molecule has 0 aromatic carbocycles. The summed E-state index contributed by atoms with van der Waals surface area (Å²) in [5.74, 6) is 0.898. The molecule has 86 valence electrons. The third-order valence-electron chi connectivity index (χ3n) is 2.46. The van der Waals surface area contributed by atoms with Crippen LogP contribution in [0.2, 0.25) is 0 Å². The van der Waals surface area contributed by atoms with Gasteiger partial charge in [-0.15, -0.1) is 11.3 Å². The molecule has 0 saturated carbocycles. The van der Waals surface area contributed by atoms with Crippen LogP contribution < -0.4 is 5.32 Å². The maximum atomic E-state index is 5.11. The molecule has 5 heteroatoms. The van der Waals surface area contributed by atoms with E-state index in [4.69, 9.17) is 4.52 Å². The van der Waals surface area contributed by atoms with E-state index in [0.717, 1.165) is 30.1 Å². The fourth-order valence-corrected chi connectivity index (χ4v) is 2.97. The zero-order valence-corrected chi connectivity index (χ0v) is 11.6. The molecule has 0 amide bonds. The Kier molecular flexibility index (Phi) is 3.78. The number of thiophene rings is 1. The van der Waals surface area contributed by atoms with Gasteiger partial charge in [-0.2, -0.15) is 0 Å². The molecule has 0 saturated heterocycles. The summed E-state index contributed by atoms with van der Waals surface area (Å²) in [4.78, 5) is 1.31. The largest absolute Gasteiger partial charge is 0.361 e. The molecule has 2 rings (SSSR count). The average Bonchev–Trinajstić information content (AvgIpc) is 2.79. The highest BCUT2D eigenvalue weighted by Crippen LogP contribution is 2.22. The van der Waals surface area contributed by atoms with Crippen LogP contribution in [0.1, 0.15) is 21.9 Å². The summed E-state index contributed by atoms with van der Waals surface area (Å²) in [7, 11) is 0. The zero-order valence-electron chi connectivity index (χ0n) is 9.21. The van der Waals surface area contributed by atoms with E-state index in [-0.39, 0.29) is 0 Å². The van der Waals surface area contributed by atoms with Gasteiger partial charge in [-0.25, -0.2) is 0 Å². The van der Waals surface area contributed by atoms with Crippen molar-refractivity contribution in [3.63, 3.8) is 0 Å². The van der Waals surface area contributed by atoms with Crippen LogP contribution in [-0.4, -0.2) is 5.16 Å². The fraction of sp³-hybridized carbons (Fsp3) is 0.364. The standard InChI is InChI=1S/C11H13BrN2OS/c1-7-9(8(2)15-14-7)5-13-6-11-10(12)3-4-16-11/h3-4,13H,5-6H2,1-2H3. The van der Waals surface area contributed by atoms with E-state index in [9.17, 15) is 0 Å². The van der Waals surface area contributed by atoms with Crippen LogP contribution in [-0.2, 0) is 13.1 Å². The van der Waals surface area contributed by atoms with E-state index in [1.54, 1.807) is 11.3 Å². The summed E-state index contributed by atoms with van der Waals surface area (Å²) in [5, 5.41) is 9.40. The van der Waals surface area contributed by atoms with Crippen LogP contribution in [0, 0.1) is 13.8 Å². The van der Waals surface area contributed by atoms with Crippen LogP contribution in [0.25, 0.3) is 0 Å². The van der Waals surface area contributed by atoms with E-state index >= 15 is 0 Å². The summed E-state index contributed by atoms with van der Waals surface area (Å²) >= 11 is 5.26. The van der Waals surface area contributed by atoms with E-state index in [1.165, 1.54) is 9.35 Å². The van der Waals surface area contributed by atoms with Crippen LogP contribution >= 0.6 is 27.3 Å². The maximum absolute atomic E-state index is 5.11. The van der Waals surface area contributed by atoms with Crippen molar-refractivity contribution in [2.24, 2.45) is 0 Å². The monoisotopic (exact) mass is 300 g/mol. The van der Waals surface area contributed by atoms with Crippen molar-refractivity contribution in [3.8, 4) is 0 Å². The van der Waals surface area contributed by atoms with Crippen LogP contribution in [0.15, 0.2) is 20.4 Å². The second-order valence-electron chi connectivity index (χ2n) is 3.60. The molecule has 0 bridgehead atoms. The Labute approximate surface area is 107 Å². The quantitative estimate of drug-likeness (QED) is 0.940. The van der Waals surface area contributed by atoms with Crippen molar-refractivity contribution in [2.45, 2.75) is 26.9 Å². The third kappa shape index (κ3) is 2.53. The summed E-state index contributed by atoms with van der Waals surface area (Å²) in [5.41, 5.74) is 2.13. The van der Waals surface area contributed by atoms with Gasteiger partial charge in [-0.05, 0) is 41.2 Å². The summed E-state index contributed by atoms with van der Waals surface area (Å²) < 4.78 is 6.28. The summed E-state index contributed by atoms with van der Waals surface area (Å²) in [6.07, 6.45) is 0. The average molecular weight is 301 g/mol. The highest BCUT2D eigenvalue weighted by Gasteiger charge is 2.08. The van der Waals surface area contributed by atoms with Crippen LogP contribution in [0.5, 0.6) is 0 Å². The smallest absolute Gasteiger partial charge is 0.138 e. The van der Waals surface area contributed by atoms with Crippen molar-refractivity contribution in [3.05, 3.63) is 37.8 Å². The Morgan fingerprint density at radius 2 is 2.25 bits per heavy atom. The first kappa shape index (κ1) is 11.8. The van der Waals surface area contributed by atoms with E-state index < -0.39 is 0 Å². The second kappa shape index (κ2) is 5.12. The number of hydrogen-bond donors (Lipinski definition) is 1. The van der Waals surface area contributed by atoms with Gasteiger partial charge in [0.15, 0.2) is 0 Å². The molecule has 1 N–H and O–H groups in total. The molecule has 2 aromatic rings. The molecule has 0 atom stereocenters. The van der Waals surface area contributed by atoms with Gasteiger partial charge in [0.2, 0.25) is 0 Å². The molecule has 0 radical (unpaired) electrons. The lowest BCUT2D eigenvalue weighted by atomic mass is 10.2. The first-order valence-electron chi connectivity index (χ1n) is 5.03. The predicted octanol–water partition coefficient (Wildman–Crippen LogP) is 3.41. The lowest BCUT2D eigenvalue weighted by molar-refractivity contribution is 0.392. The molecule has 0 aliphatic heterocycles. The number of aryl methyl sites for hydroxylation is 2. The molecule has 0 spiro atoms. The van der Waals surface area contributed by atoms with Gasteiger partial charge in [0.25, 0.3) is 0 Å². The maximum Gasteiger partial charge on any atom is 0.138 e. The van der Waals surface area contributed by atoms with Crippen molar-refractivity contribution >= 4 is 27.3 Å². The Hall–Kier alpha value is -0.650. The summed E-state index contributed by atoms with van der Waals surface area (Å²) in [6, 6.07) is 2.07. The van der Waals surface area contributed by atoms with Crippen molar-refractivity contribution in [1.29, 1.82) is 0 Å². The molecule has 2 heterocycles. The molecule has 16 heavy (non-hydrogen) atoms. The van der Waals surface area contributed by atoms with Gasteiger partial charge in [0.1, 0.15) is 5.76 Å². The molecule has 0 aliphatic carbocycles. The SMILES string of the molecule is Cc1noc(C)c1CNCc1sccc1Br. The number of nitrogens with one attached hydrogen (secondary N) is 1. The molecule has 0 aliphatic rings. The Bertz CT molecular complexity index is 459. The molecule has 2 aromatic heterocycles. The van der Waals surface area contributed by atoms with E-state index in [1.807, 2.05) is 13.8 Å². The first-order chi connectivity index (χ1) is 7.68. The van der Waals surface area contributed by atoms with Gasteiger partial charge in [-0.1, -0.05) is 5.16 Å². The Morgan fingerprint density at radius 1 is 1.44 bits per heavy atom. The number of halogens is 1. The van der Waals surface area contributed by atoms with E-state index in [0.29, 0.717) is 0 Å². The number of aromatic nitrogens is 1. The summed E-state index contributed by atoms with van der Waals surface area (Å²) in [6.45, 7) is 5.57. The van der Waals surface area contributed by atoms with Gasteiger partial charge >= 0.3 is 0 Å². The minimum atomic E-state index is 0.797. The Balaban J connectivity index is 1.92. The zero-order chi connectivity index (χ0) is 11.5. The first-order valence-corrected chi connectivity index (χ1v) is 6.70. The van der Waals surface area contributed by atoms with Crippen LogP contribution in [0.3, 0.4) is 0 Å². The van der Waals surface area contributed by atoms with Crippen molar-refractivity contribution in [1.82, 2.24) is 10.5 Å². The topological polar surface area (TPSA) is 38.1 Å². The Morgan fingerprint density at radius 3 is 2.81 bits per heavy atom. The number of rotatable bonds is 4. The molecular weight excluding hydrogens is 288 g/mol. The second-order valence-corrected chi connectivity index (χ2v) is 5.45. The van der Waals surface area contributed by atoms with Gasteiger partial charge < -0.3 is 9.84 Å². The minimum absolute atomic E-state index is 0.797.